The number of nitrogens with zero attached hydrogens (tertiary/aromatic N) is 3. The van der Waals surface area contributed by atoms with Crippen LogP contribution >= 0.6 is 0 Å². The van der Waals surface area contributed by atoms with Crippen LogP contribution in [-0.2, 0) is 6.54 Å². The van der Waals surface area contributed by atoms with Gasteiger partial charge in [0, 0.05) is 10.9 Å². The molecule has 0 spiro atoms. The Morgan fingerprint density at radius 2 is 1.56 bits per heavy atom. The zero-order valence-corrected chi connectivity index (χ0v) is 18.1. The molecule has 0 aliphatic rings. The molecular formula is C27H20N4O3. The van der Waals surface area contributed by atoms with E-state index in [0.717, 1.165) is 16.3 Å². The average molecular weight is 448 g/mol. The van der Waals surface area contributed by atoms with Crippen molar-refractivity contribution in [3.63, 3.8) is 0 Å². The number of fused-ring (bicyclic) bond motifs is 2. The van der Waals surface area contributed by atoms with Crippen LogP contribution in [0.2, 0.25) is 0 Å². The summed E-state index contributed by atoms with van der Waals surface area (Å²) in [4.78, 5) is 26.0. The van der Waals surface area contributed by atoms with E-state index in [1.165, 1.54) is 10.9 Å². The minimum Gasteiger partial charge on any atom is -0.507 e. The van der Waals surface area contributed by atoms with Crippen molar-refractivity contribution in [3.8, 4) is 5.75 Å². The maximum atomic E-state index is 13.0. The van der Waals surface area contributed by atoms with E-state index in [9.17, 15) is 14.7 Å². The van der Waals surface area contributed by atoms with Gasteiger partial charge in [-0.2, -0.15) is 10.2 Å². The molecule has 0 atom stereocenters. The third-order valence-corrected chi connectivity index (χ3v) is 5.57. The molecule has 0 bridgehead atoms. The van der Waals surface area contributed by atoms with E-state index < -0.39 is 5.91 Å². The van der Waals surface area contributed by atoms with Gasteiger partial charge >= 0.3 is 0 Å². The third-order valence-electron chi connectivity index (χ3n) is 5.57. The van der Waals surface area contributed by atoms with Crippen LogP contribution < -0.4 is 11.0 Å². The van der Waals surface area contributed by atoms with Crippen LogP contribution in [0.3, 0.4) is 0 Å². The normalized spacial score (nSPS) is 11.3. The number of phenolic OH excluding ortho intramolecular Hbond substituents is 1. The molecule has 1 amide bonds. The monoisotopic (exact) mass is 448 g/mol. The lowest BCUT2D eigenvalue weighted by Crippen LogP contribution is -2.29. The molecule has 7 heteroatoms. The fraction of sp³-hybridized carbons (Fsp3) is 0.0370. The standard InChI is InChI=1S/C27H20N4O3/c32-24-15-14-19-10-4-5-11-20(19)23(24)16-28-29-26(33)25-21-12-6-7-13-22(21)27(34)31(30-25)17-18-8-2-1-3-9-18/h1-16,32H,17H2,(H,29,33)/b28-16+. The molecule has 5 rings (SSSR count). The highest BCUT2D eigenvalue weighted by atomic mass is 16.3. The number of aromatic hydroxyl groups is 1. The van der Waals surface area contributed by atoms with Crippen molar-refractivity contribution in [3.05, 3.63) is 118 Å². The number of aromatic nitrogens is 2. The molecule has 0 saturated carbocycles. The highest BCUT2D eigenvalue weighted by Gasteiger charge is 2.16. The first-order valence-corrected chi connectivity index (χ1v) is 10.7. The largest absolute Gasteiger partial charge is 0.507 e. The topological polar surface area (TPSA) is 96.6 Å². The fourth-order valence-electron chi connectivity index (χ4n) is 3.89. The first-order valence-electron chi connectivity index (χ1n) is 10.7. The molecule has 2 N–H and O–H groups in total. The first kappa shape index (κ1) is 21.1. The summed E-state index contributed by atoms with van der Waals surface area (Å²) in [5, 5.41) is 21.3. The molecule has 0 aliphatic carbocycles. The summed E-state index contributed by atoms with van der Waals surface area (Å²) in [7, 11) is 0. The summed E-state index contributed by atoms with van der Waals surface area (Å²) >= 11 is 0. The molecule has 0 aliphatic heterocycles. The lowest BCUT2D eigenvalue weighted by Gasteiger charge is -2.10. The lowest BCUT2D eigenvalue weighted by molar-refractivity contribution is 0.0949. The van der Waals surface area contributed by atoms with Gasteiger partial charge in [-0.25, -0.2) is 10.1 Å². The molecule has 34 heavy (non-hydrogen) atoms. The Morgan fingerprint density at radius 1 is 0.882 bits per heavy atom. The van der Waals surface area contributed by atoms with Gasteiger partial charge in [-0.1, -0.05) is 78.9 Å². The third kappa shape index (κ3) is 4.02. The van der Waals surface area contributed by atoms with Crippen LogP contribution in [0, 0.1) is 0 Å². The maximum absolute atomic E-state index is 13.0. The average Bonchev–Trinajstić information content (AvgIpc) is 2.87. The number of carbonyl (C=O) groups is 1. The molecule has 166 valence electrons. The number of hydrogen-bond acceptors (Lipinski definition) is 5. The van der Waals surface area contributed by atoms with Crippen molar-refractivity contribution < 1.29 is 9.90 Å². The molecule has 0 fully saturated rings. The van der Waals surface area contributed by atoms with Gasteiger partial charge in [0.15, 0.2) is 5.69 Å². The second-order valence-electron chi connectivity index (χ2n) is 7.76. The first-order chi connectivity index (χ1) is 16.6. The second kappa shape index (κ2) is 8.99. The van der Waals surface area contributed by atoms with Crippen LogP contribution in [0.15, 0.2) is 101 Å². The predicted molar refractivity (Wildman–Crippen MR) is 132 cm³/mol. The highest BCUT2D eigenvalue weighted by Crippen LogP contribution is 2.25. The van der Waals surface area contributed by atoms with Crippen LogP contribution in [0.25, 0.3) is 21.5 Å². The Morgan fingerprint density at radius 3 is 2.35 bits per heavy atom. The Kier molecular flexibility index (Phi) is 5.58. The van der Waals surface area contributed by atoms with Crippen LogP contribution in [-0.4, -0.2) is 27.0 Å². The van der Waals surface area contributed by atoms with E-state index in [-0.39, 0.29) is 23.5 Å². The van der Waals surface area contributed by atoms with Gasteiger partial charge in [-0.15, -0.1) is 0 Å². The second-order valence-corrected chi connectivity index (χ2v) is 7.76. The molecule has 0 saturated heterocycles. The fourth-order valence-corrected chi connectivity index (χ4v) is 3.89. The van der Waals surface area contributed by atoms with Crippen molar-refractivity contribution in [2.75, 3.05) is 0 Å². The maximum Gasteiger partial charge on any atom is 0.292 e. The van der Waals surface area contributed by atoms with Crippen LogP contribution in [0.1, 0.15) is 21.6 Å². The summed E-state index contributed by atoms with van der Waals surface area (Å²) in [6, 6.07) is 27.3. The Hall–Kier alpha value is -4.78. The molecule has 1 heterocycles. The number of nitrogens with one attached hydrogen (secondary N) is 1. The van der Waals surface area contributed by atoms with Crippen molar-refractivity contribution in [1.29, 1.82) is 0 Å². The molecule has 7 nitrogen and oxygen atoms in total. The van der Waals surface area contributed by atoms with Crippen LogP contribution in [0.5, 0.6) is 5.75 Å². The van der Waals surface area contributed by atoms with Gasteiger partial charge in [0.05, 0.1) is 18.1 Å². The number of hydrogen-bond donors (Lipinski definition) is 2. The number of benzene rings is 4. The zero-order valence-electron chi connectivity index (χ0n) is 18.1. The minimum absolute atomic E-state index is 0.0525. The van der Waals surface area contributed by atoms with Crippen molar-refractivity contribution in [2.24, 2.45) is 5.10 Å². The summed E-state index contributed by atoms with van der Waals surface area (Å²) in [6.07, 6.45) is 1.40. The van der Waals surface area contributed by atoms with E-state index in [1.54, 1.807) is 30.3 Å². The van der Waals surface area contributed by atoms with Crippen LogP contribution in [0.4, 0.5) is 0 Å². The number of carbonyl (C=O) groups excluding carboxylic acids is 1. The van der Waals surface area contributed by atoms with Gasteiger partial charge < -0.3 is 5.11 Å². The molecular weight excluding hydrogens is 428 g/mol. The number of phenols is 1. The van der Waals surface area contributed by atoms with E-state index in [2.05, 4.69) is 15.6 Å². The molecule has 0 radical (unpaired) electrons. The minimum atomic E-state index is -0.561. The summed E-state index contributed by atoms with van der Waals surface area (Å²) in [5.74, 6) is -0.509. The van der Waals surface area contributed by atoms with Gasteiger partial charge in [-0.05, 0) is 28.5 Å². The van der Waals surface area contributed by atoms with Gasteiger partial charge in [0.1, 0.15) is 5.75 Å². The van der Waals surface area contributed by atoms with Gasteiger partial charge in [0.25, 0.3) is 11.5 Å². The van der Waals surface area contributed by atoms with E-state index >= 15 is 0 Å². The zero-order chi connectivity index (χ0) is 23.5. The van der Waals surface area contributed by atoms with E-state index in [4.69, 9.17) is 0 Å². The van der Waals surface area contributed by atoms with Gasteiger partial charge in [-0.3, -0.25) is 9.59 Å². The van der Waals surface area contributed by atoms with Crippen molar-refractivity contribution in [2.45, 2.75) is 6.54 Å². The van der Waals surface area contributed by atoms with Crippen molar-refractivity contribution in [1.82, 2.24) is 15.2 Å². The summed E-state index contributed by atoms with van der Waals surface area (Å²) in [5.41, 5.74) is 3.68. The molecule has 0 unspecified atom stereocenters. The SMILES string of the molecule is O=C(N/N=C/c1c(O)ccc2ccccc12)c1nn(Cc2ccccc2)c(=O)c2ccccc12. The summed E-state index contributed by atoms with van der Waals surface area (Å²) < 4.78 is 1.28. The van der Waals surface area contributed by atoms with E-state index in [1.807, 2.05) is 60.7 Å². The Bertz CT molecular complexity index is 1610. The Balaban J connectivity index is 1.49. The number of amides is 1. The molecule has 5 aromatic rings. The highest BCUT2D eigenvalue weighted by molar-refractivity contribution is 6.06. The van der Waals surface area contributed by atoms with E-state index in [0.29, 0.717) is 16.3 Å². The number of hydrazone groups is 1. The Labute approximate surface area is 194 Å². The quantitative estimate of drug-likeness (QED) is 0.313. The predicted octanol–water partition coefficient (Wildman–Crippen LogP) is 4.07. The summed E-state index contributed by atoms with van der Waals surface area (Å²) in [6.45, 7) is 0.234. The van der Waals surface area contributed by atoms with Gasteiger partial charge in [0.2, 0.25) is 0 Å². The molecule has 1 aromatic heterocycles. The lowest BCUT2D eigenvalue weighted by atomic mass is 10.0. The molecule has 4 aromatic carbocycles. The number of rotatable bonds is 5. The smallest absolute Gasteiger partial charge is 0.292 e. The van der Waals surface area contributed by atoms with Crippen molar-refractivity contribution >= 4 is 33.7 Å².